The van der Waals surface area contributed by atoms with Gasteiger partial charge in [0, 0.05) is 24.0 Å². The SMILES string of the molecule is Cc1oc(C(=O)O)cc1S(=O)(=O)N1CCc2sccc2C1. The Labute approximate surface area is 125 Å². The molecular formula is C13H13NO5S2. The van der Waals surface area contributed by atoms with Gasteiger partial charge in [0.05, 0.1) is 0 Å². The maximum atomic E-state index is 12.7. The smallest absolute Gasteiger partial charge is 0.371 e. The lowest BCUT2D eigenvalue weighted by Crippen LogP contribution is -2.35. The van der Waals surface area contributed by atoms with Gasteiger partial charge in [0.25, 0.3) is 0 Å². The highest BCUT2D eigenvalue weighted by Crippen LogP contribution is 2.30. The van der Waals surface area contributed by atoms with Gasteiger partial charge in [-0.3, -0.25) is 0 Å². The number of carboxylic acids is 1. The Morgan fingerprint density at radius 3 is 2.90 bits per heavy atom. The molecule has 112 valence electrons. The van der Waals surface area contributed by atoms with Crippen molar-refractivity contribution >= 4 is 27.3 Å². The molecule has 2 aromatic heterocycles. The van der Waals surface area contributed by atoms with E-state index in [9.17, 15) is 13.2 Å². The number of carboxylic acid groups (broad SMARTS) is 1. The van der Waals surface area contributed by atoms with Crippen LogP contribution in [0.3, 0.4) is 0 Å². The number of carbonyl (C=O) groups is 1. The molecule has 0 atom stereocenters. The van der Waals surface area contributed by atoms with Crippen molar-refractivity contribution in [3.8, 4) is 0 Å². The molecule has 8 heteroatoms. The minimum atomic E-state index is -3.75. The number of nitrogens with zero attached hydrogens (tertiary/aromatic N) is 1. The van der Waals surface area contributed by atoms with Crippen molar-refractivity contribution in [1.29, 1.82) is 0 Å². The number of aromatic carboxylic acids is 1. The minimum Gasteiger partial charge on any atom is -0.475 e. The van der Waals surface area contributed by atoms with Crippen LogP contribution in [0.25, 0.3) is 0 Å². The average molecular weight is 327 g/mol. The molecule has 1 aliphatic rings. The number of furan rings is 1. The average Bonchev–Trinajstić information content (AvgIpc) is 3.03. The molecule has 0 saturated carbocycles. The Kier molecular flexibility index (Phi) is 3.39. The van der Waals surface area contributed by atoms with Gasteiger partial charge < -0.3 is 9.52 Å². The zero-order valence-electron chi connectivity index (χ0n) is 11.2. The second-order valence-electron chi connectivity index (χ2n) is 4.79. The summed E-state index contributed by atoms with van der Waals surface area (Å²) in [6.45, 7) is 2.16. The fourth-order valence-electron chi connectivity index (χ4n) is 2.39. The molecule has 0 radical (unpaired) electrons. The van der Waals surface area contributed by atoms with Gasteiger partial charge >= 0.3 is 5.97 Å². The van der Waals surface area contributed by atoms with Crippen LogP contribution in [-0.2, 0) is 23.0 Å². The molecule has 1 N–H and O–H groups in total. The predicted octanol–water partition coefficient (Wildman–Crippen LogP) is 2.09. The molecule has 0 aliphatic carbocycles. The second kappa shape index (κ2) is 4.97. The van der Waals surface area contributed by atoms with Gasteiger partial charge in [-0.25, -0.2) is 13.2 Å². The number of fused-ring (bicyclic) bond motifs is 1. The van der Waals surface area contributed by atoms with E-state index in [-0.39, 0.29) is 16.4 Å². The third-order valence-corrected chi connectivity index (χ3v) is 6.45. The van der Waals surface area contributed by atoms with E-state index in [1.807, 2.05) is 11.4 Å². The topological polar surface area (TPSA) is 87.8 Å². The summed E-state index contributed by atoms with van der Waals surface area (Å²) in [6.07, 6.45) is 0.676. The number of hydrogen-bond acceptors (Lipinski definition) is 5. The summed E-state index contributed by atoms with van der Waals surface area (Å²) in [4.78, 5) is 12.0. The van der Waals surface area contributed by atoms with Crippen LogP contribution in [0.5, 0.6) is 0 Å². The largest absolute Gasteiger partial charge is 0.475 e. The lowest BCUT2D eigenvalue weighted by Gasteiger charge is -2.25. The van der Waals surface area contributed by atoms with Crippen molar-refractivity contribution in [3.63, 3.8) is 0 Å². The van der Waals surface area contributed by atoms with E-state index in [1.165, 1.54) is 16.1 Å². The first-order valence-corrected chi connectivity index (χ1v) is 8.60. The Balaban J connectivity index is 1.96. The summed E-state index contributed by atoms with van der Waals surface area (Å²) >= 11 is 1.63. The van der Waals surface area contributed by atoms with Crippen LogP contribution in [0.2, 0.25) is 0 Å². The van der Waals surface area contributed by atoms with Crippen molar-refractivity contribution in [2.24, 2.45) is 0 Å². The van der Waals surface area contributed by atoms with Gasteiger partial charge in [0.15, 0.2) is 0 Å². The molecule has 21 heavy (non-hydrogen) atoms. The predicted molar refractivity (Wildman–Crippen MR) is 76.0 cm³/mol. The van der Waals surface area contributed by atoms with Gasteiger partial charge in [-0.15, -0.1) is 11.3 Å². The summed E-state index contributed by atoms with van der Waals surface area (Å²) in [5.74, 6) is -1.54. The highest BCUT2D eigenvalue weighted by Gasteiger charge is 2.32. The van der Waals surface area contributed by atoms with Crippen LogP contribution in [-0.4, -0.2) is 30.3 Å². The molecule has 3 rings (SSSR count). The van der Waals surface area contributed by atoms with Crippen molar-refractivity contribution in [2.45, 2.75) is 24.8 Å². The van der Waals surface area contributed by atoms with Gasteiger partial charge in [-0.2, -0.15) is 4.31 Å². The van der Waals surface area contributed by atoms with E-state index in [0.29, 0.717) is 19.5 Å². The van der Waals surface area contributed by atoms with Gasteiger partial charge in [0.1, 0.15) is 10.7 Å². The van der Waals surface area contributed by atoms with Crippen molar-refractivity contribution in [2.75, 3.05) is 6.54 Å². The molecule has 3 heterocycles. The Morgan fingerprint density at radius 1 is 1.48 bits per heavy atom. The molecule has 0 amide bonds. The molecule has 1 aliphatic heterocycles. The summed E-state index contributed by atoms with van der Waals surface area (Å²) < 4.78 is 31.7. The fraction of sp³-hybridized carbons (Fsp3) is 0.308. The monoisotopic (exact) mass is 327 g/mol. The minimum absolute atomic E-state index is 0.0708. The number of thiophene rings is 1. The first-order chi connectivity index (χ1) is 9.89. The van der Waals surface area contributed by atoms with E-state index in [0.717, 1.165) is 11.6 Å². The fourth-order valence-corrected chi connectivity index (χ4v) is 4.86. The maximum absolute atomic E-state index is 12.7. The van der Waals surface area contributed by atoms with E-state index in [2.05, 4.69) is 0 Å². The molecule has 2 aromatic rings. The quantitative estimate of drug-likeness (QED) is 0.932. The number of sulfonamides is 1. The maximum Gasteiger partial charge on any atom is 0.371 e. The number of hydrogen-bond donors (Lipinski definition) is 1. The van der Waals surface area contributed by atoms with Crippen LogP contribution in [0.4, 0.5) is 0 Å². The molecule has 6 nitrogen and oxygen atoms in total. The summed E-state index contributed by atoms with van der Waals surface area (Å²) in [7, 11) is -3.75. The summed E-state index contributed by atoms with van der Waals surface area (Å²) in [5, 5.41) is 10.9. The molecular weight excluding hydrogens is 314 g/mol. The Hall–Kier alpha value is -1.64. The first-order valence-electron chi connectivity index (χ1n) is 6.28. The molecule has 0 spiro atoms. The molecule has 0 unspecified atom stereocenters. The second-order valence-corrected chi connectivity index (χ2v) is 7.70. The van der Waals surface area contributed by atoms with Crippen molar-refractivity contribution in [3.05, 3.63) is 39.5 Å². The van der Waals surface area contributed by atoms with Crippen molar-refractivity contribution in [1.82, 2.24) is 4.31 Å². The van der Waals surface area contributed by atoms with Gasteiger partial charge in [0.2, 0.25) is 15.8 Å². The molecule has 0 bridgehead atoms. The standard InChI is InChI=1S/C13H13NO5S2/c1-8-12(6-10(19-8)13(15)16)21(17,18)14-4-2-11-9(7-14)3-5-20-11/h3,5-6H,2,4,7H2,1H3,(H,15,16). The lowest BCUT2D eigenvalue weighted by atomic mass is 10.1. The van der Waals surface area contributed by atoms with Crippen LogP contribution in [0, 0.1) is 6.92 Å². The third-order valence-electron chi connectivity index (χ3n) is 3.47. The first kappa shape index (κ1) is 14.3. The Morgan fingerprint density at radius 2 is 2.24 bits per heavy atom. The van der Waals surface area contributed by atoms with E-state index >= 15 is 0 Å². The normalized spacial score (nSPS) is 15.9. The lowest BCUT2D eigenvalue weighted by molar-refractivity contribution is 0.0661. The van der Waals surface area contributed by atoms with E-state index in [4.69, 9.17) is 9.52 Å². The van der Waals surface area contributed by atoms with E-state index < -0.39 is 16.0 Å². The number of aryl methyl sites for hydroxylation is 1. The molecule has 0 saturated heterocycles. The third kappa shape index (κ3) is 2.39. The highest BCUT2D eigenvalue weighted by atomic mass is 32.2. The number of rotatable bonds is 3. The van der Waals surface area contributed by atoms with Crippen LogP contribution >= 0.6 is 11.3 Å². The zero-order valence-corrected chi connectivity index (χ0v) is 12.8. The van der Waals surface area contributed by atoms with Crippen LogP contribution in [0.15, 0.2) is 26.8 Å². The summed E-state index contributed by atoms with van der Waals surface area (Å²) in [6, 6.07) is 3.00. The van der Waals surface area contributed by atoms with Gasteiger partial charge in [-0.05, 0) is 30.4 Å². The summed E-state index contributed by atoms with van der Waals surface area (Å²) in [5.41, 5.74) is 1.01. The Bertz CT molecular complexity index is 802. The zero-order chi connectivity index (χ0) is 15.2. The van der Waals surface area contributed by atoms with Crippen LogP contribution < -0.4 is 0 Å². The molecule has 0 fully saturated rings. The molecule has 0 aromatic carbocycles. The van der Waals surface area contributed by atoms with Gasteiger partial charge in [-0.1, -0.05) is 0 Å². The van der Waals surface area contributed by atoms with E-state index in [1.54, 1.807) is 11.3 Å². The van der Waals surface area contributed by atoms with Crippen molar-refractivity contribution < 1.29 is 22.7 Å². The highest BCUT2D eigenvalue weighted by molar-refractivity contribution is 7.89. The van der Waals surface area contributed by atoms with Crippen LogP contribution in [0.1, 0.15) is 26.8 Å².